The molecular weight excluding hydrogens is 440 g/mol. The van der Waals surface area contributed by atoms with Crippen molar-refractivity contribution >= 4 is 5.82 Å². The summed E-state index contributed by atoms with van der Waals surface area (Å²) in [6.07, 6.45) is 6.59. The van der Waals surface area contributed by atoms with Crippen LogP contribution >= 0.6 is 0 Å². The molecule has 1 fully saturated rings. The number of benzene rings is 2. The Bertz CT molecular complexity index is 1040. The summed E-state index contributed by atoms with van der Waals surface area (Å²) in [6, 6.07) is 16.5. The number of morpholine rings is 1. The van der Waals surface area contributed by atoms with Crippen molar-refractivity contribution in [3.8, 4) is 22.8 Å². The van der Waals surface area contributed by atoms with Crippen LogP contribution in [0.15, 0.2) is 60.9 Å². The number of nitrogens with zero attached hydrogens (tertiary/aromatic N) is 3. The highest BCUT2D eigenvalue weighted by Gasteiger charge is 2.13. The molecule has 2 heterocycles. The van der Waals surface area contributed by atoms with Crippen LogP contribution in [-0.2, 0) is 4.74 Å². The van der Waals surface area contributed by atoms with Gasteiger partial charge in [0.1, 0.15) is 5.82 Å². The van der Waals surface area contributed by atoms with Gasteiger partial charge >= 0.3 is 0 Å². The molecule has 4 rings (SSSR count). The topological polar surface area (TPSA) is 68.7 Å². The lowest BCUT2D eigenvalue weighted by molar-refractivity contribution is 0.0368. The number of rotatable bonds is 12. The summed E-state index contributed by atoms with van der Waals surface area (Å²) in [7, 11) is 1.67. The van der Waals surface area contributed by atoms with Gasteiger partial charge in [-0.1, -0.05) is 37.3 Å². The second kappa shape index (κ2) is 13.1. The predicted molar refractivity (Wildman–Crippen MR) is 139 cm³/mol. The van der Waals surface area contributed by atoms with E-state index in [-0.39, 0.29) is 6.04 Å². The van der Waals surface area contributed by atoms with E-state index in [0.29, 0.717) is 12.4 Å². The molecule has 1 aromatic heterocycles. The summed E-state index contributed by atoms with van der Waals surface area (Å²) in [5.74, 6) is 2.20. The Morgan fingerprint density at radius 2 is 1.86 bits per heavy atom. The second-order valence-corrected chi connectivity index (χ2v) is 8.68. The minimum Gasteiger partial charge on any atom is -0.493 e. The van der Waals surface area contributed by atoms with E-state index >= 15 is 0 Å². The van der Waals surface area contributed by atoms with Gasteiger partial charge in [-0.05, 0) is 49.6 Å². The van der Waals surface area contributed by atoms with Crippen LogP contribution in [-0.4, -0.2) is 61.4 Å². The van der Waals surface area contributed by atoms with E-state index in [1.165, 1.54) is 5.56 Å². The molecule has 0 aliphatic carbocycles. The molecule has 7 nitrogen and oxygen atoms in total. The maximum Gasteiger partial charge on any atom is 0.161 e. The van der Waals surface area contributed by atoms with Crippen molar-refractivity contribution in [2.24, 2.45) is 0 Å². The van der Waals surface area contributed by atoms with Crippen LogP contribution in [0.1, 0.15) is 37.8 Å². The normalized spacial score (nSPS) is 14.9. The Morgan fingerprint density at radius 1 is 1.03 bits per heavy atom. The minimum atomic E-state index is 0.175. The molecule has 3 aromatic rings. The largest absolute Gasteiger partial charge is 0.493 e. The van der Waals surface area contributed by atoms with Crippen LogP contribution in [0.2, 0.25) is 0 Å². The van der Waals surface area contributed by atoms with Crippen LogP contribution in [0.4, 0.5) is 5.82 Å². The zero-order chi connectivity index (χ0) is 24.3. The molecule has 2 aromatic carbocycles. The van der Waals surface area contributed by atoms with Crippen molar-refractivity contribution in [2.75, 3.05) is 51.9 Å². The molecule has 0 spiro atoms. The number of unbranched alkanes of at least 4 members (excludes halogenated alkanes) is 1. The second-order valence-electron chi connectivity index (χ2n) is 8.68. The molecule has 0 radical (unpaired) electrons. The lowest BCUT2D eigenvalue weighted by Gasteiger charge is -2.26. The maximum atomic E-state index is 6.03. The highest BCUT2D eigenvalue weighted by atomic mass is 16.5. The summed E-state index contributed by atoms with van der Waals surface area (Å²) in [6.45, 7) is 7.66. The fourth-order valence-electron chi connectivity index (χ4n) is 4.25. The molecule has 0 saturated carbocycles. The Kier molecular flexibility index (Phi) is 9.32. The van der Waals surface area contributed by atoms with Gasteiger partial charge in [-0.3, -0.25) is 9.88 Å². The number of anilines is 1. The highest BCUT2D eigenvalue weighted by molar-refractivity contribution is 5.64. The fraction of sp³-hybridized carbons (Fsp3) is 0.429. The van der Waals surface area contributed by atoms with Crippen molar-refractivity contribution in [1.82, 2.24) is 14.9 Å². The summed E-state index contributed by atoms with van der Waals surface area (Å²) < 4.78 is 17.1. The Balaban J connectivity index is 1.35. The smallest absolute Gasteiger partial charge is 0.161 e. The molecule has 1 N–H and O–H groups in total. The summed E-state index contributed by atoms with van der Waals surface area (Å²) in [4.78, 5) is 11.7. The Labute approximate surface area is 208 Å². The monoisotopic (exact) mass is 476 g/mol. The molecule has 7 heteroatoms. The molecule has 35 heavy (non-hydrogen) atoms. The molecule has 186 valence electrons. The third-order valence-electron chi connectivity index (χ3n) is 6.26. The first-order chi connectivity index (χ1) is 17.3. The van der Waals surface area contributed by atoms with Gasteiger partial charge in [-0.25, -0.2) is 4.98 Å². The first-order valence-corrected chi connectivity index (χ1v) is 12.5. The van der Waals surface area contributed by atoms with E-state index in [1.54, 1.807) is 19.5 Å². The van der Waals surface area contributed by atoms with Crippen molar-refractivity contribution in [1.29, 1.82) is 0 Å². The van der Waals surface area contributed by atoms with Crippen LogP contribution in [0.3, 0.4) is 0 Å². The van der Waals surface area contributed by atoms with Gasteiger partial charge in [0, 0.05) is 18.7 Å². The third kappa shape index (κ3) is 7.16. The molecular formula is C28H36N4O3. The molecule has 0 bridgehead atoms. The van der Waals surface area contributed by atoms with E-state index in [0.717, 1.165) is 74.9 Å². The van der Waals surface area contributed by atoms with E-state index in [1.807, 2.05) is 24.3 Å². The van der Waals surface area contributed by atoms with Crippen molar-refractivity contribution in [3.63, 3.8) is 0 Å². The van der Waals surface area contributed by atoms with Gasteiger partial charge in [0.25, 0.3) is 0 Å². The summed E-state index contributed by atoms with van der Waals surface area (Å²) >= 11 is 0. The van der Waals surface area contributed by atoms with Crippen molar-refractivity contribution in [3.05, 3.63) is 66.5 Å². The van der Waals surface area contributed by atoms with Gasteiger partial charge in [0.05, 0.1) is 51.1 Å². The van der Waals surface area contributed by atoms with E-state index in [9.17, 15) is 0 Å². The molecule has 1 unspecified atom stereocenters. The van der Waals surface area contributed by atoms with E-state index in [2.05, 4.69) is 46.4 Å². The standard InChI is InChI=1S/C28H36N4O3/c1-3-24(22-9-5-4-6-10-22)30-28-21-29-20-25(31-28)23-11-12-26(27(19-23)33-2)35-16-8-7-13-32-14-17-34-18-15-32/h4-6,9-12,19-21,24H,3,7-8,13-18H2,1-2H3,(H,30,31). The van der Waals surface area contributed by atoms with Crippen molar-refractivity contribution in [2.45, 2.75) is 32.2 Å². The lowest BCUT2D eigenvalue weighted by Crippen LogP contribution is -2.36. The van der Waals surface area contributed by atoms with Crippen LogP contribution in [0, 0.1) is 0 Å². The zero-order valence-corrected chi connectivity index (χ0v) is 20.8. The Morgan fingerprint density at radius 3 is 2.63 bits per heavy atom. The summed E-state index contributed by atoms with van der Waals surface area (Å²) in [5, 5.41) is 3.52. The first kappa shape index (κ1) is 24.9. The lowest BCUT2D eigenvalue weighted by atomic mass is 10.0. The quantitative estimate of drug-likeness (QED) is 0.360. The SMILES string of the molecule is CCC(Nc1cncc(-c2ccc(OCCCCN3CCOCC3)c(OC)c2)n1)c1ccccc1. The average Bonchev–Trinajstić information content (AvgIpc) is 2.93. The molecule has 1 atom stereocenters. The molecule has 1 aliphatic rings. The highest BCUT2D eigenvalue weighted by Crippen LogP contribution is 2.32. The van der Waals surface area contributed by atoms with E-state index in [4.69, 9.17) is 19.2 Å². The van der Waals surface area contributed by atoms with E-state index < -0.39 is 0 Å². The van der Waals surface area contributed by atoms with Gasteiger partial charge in [-0.15, -0.1) is 0 Å². The summed E-state index contributed by atoms with van der Waals surface area (Å²) in [5.41, 5.74) is 2.95. The molecule has 1 aliphatic heterocycles. The number of methoxy groups -OCH3 is 1. The molecule has 1 saturated heterocycles. The maximum absolute atomic E-state index is 6.03. The Hall–Kier alpha value is -3.16. The molecule has 0 amide bonds. The van der Waals surface area contributed by atoms with Crippen LogP contribution in [0.5, 0.6) is 11.5 Å². The van der Waals surface area contributed by atoms with Crippen LogP contribution < -0.4 is 14.8 Å². The minimum absolute atomic E-state index is 0.175. The number of hydrogen-bond acceptors (Lipinski definition) is 7. The van der Waals surface area contributed by atoms with Gasteiger partial charge in [0.2, 0.25) is 0 Å². The number of ether oxygens (including phenoxy) is 3. The van der Waals surface area contributed by atoms with Gasteiger partial charge in [0.15, 0.2) is 11.5 Å². The predicted octanol–water partition coefficient (Wildman–Crippen LogP) is 5.21. The fourth-order valence-corrected chi connectivity index (χ4v) is 4.25. The van der Waals surface area contributed by atoms with Gasteiger partial charge in [-0.2, -0.15) is 0 Å². The average molecular weight is 477 g/mol. The number of nitrogens with one attached hydrogen (secondary N) is 1. The zero-order valence-electron chi connectivity index (χ0n) is 20.8. The number of aromatic nitrogens is 2. The first-order valence-electron chi connectivity index (χ1n) is 12.5. The third-order valence-corrected chi connectivity index (χ3v) is 6.26. The van der Waals surface area contributed by atoms with Crippen molar-refractivity contribution < 1.29 is 14.2 Å². The van der Waals surface area contributed by atoms with Crippen LogP contribution in [0.25, 0.3) is 11.3 Å². The number of hydrogen-bond donors (Lipinski definition) is 1. The van der Waals surface area contributed by atoms with Gasteiger partial charge < -0.3 is 19.5 Å².